The molecule has 164 valence electrons. The molecule has 6 heteroatoms. The summed E-state index contributed by atoms with van der Waals surface area (Å²) >= 11 is 0. The van der Waals surface area contributed by atoms with Crippen molar-refractivity contribution in [3.8, 4) is 11.5 Å². The van der Waals surface area contributed by atoms with Crippen LogP contribution < -0.4 is 9.47 Å². The Morgan fingerprint density at radius 3 is 2.71 bits per heavy atom. The second-order valence-corrected chi connectivity index (χ2v) is 9.07. The van der Waals surface area contributed by atoms with Crippen molar-refractivity contribution >= 4 is 5.91 Å². The Hall–Kier alpha value is -2.57. The van der Waals surface area contributed by atoms with E-state index in [-0.39, 0.29) is 24.7 Å². The molecule has 1 fully saturated rings. The van der Waals surface area contributed by atoms with Crippen molar-refractivity contribution in [3.05, 3.63) is 59.2 Å². The van der Waals surface area contributed by atoms with Crippen LogP contribution in [-0.4, -0.2) is 42.6 Å². The quantitative estimate of drug-likeness (QED) is 0.734. The molecular weight excluding hydrogens is 394 g/mol. The fourth-order valence-corrected chi connectivity index (χ4v) is 4.76. The highest BCUT2D eigenvalue weighted by atomic mass is 16.7. The van der Waals surface area contributed by atoms with Crippen LogP contribution in [0.2, 0.25) is 0 Å². The van der Waals surface area contributed by atoms with Gasteiger partial charge in [0, 0.05) is 19.0 Å². The van der Waals surface area contributed by atoms with E-state index in [4.69, 9.17) is 18.9 Å². The highest BCUT2D eigenvalue weighted by Crippen LogP contribution is 2.34. The van der Waals surface area contributed by atoms with E-state index in [2.05, 4.69) is 24.3 Å². The molecule has 2 atom stereocenters. The molecule has 0 unspecified atom stereocenters. The van der Waals surface area contributed by atoms with Crippen molar-refractivity contribution in [2.45, 2.75) is 51.5 Å². The van der Waals surface area contributed by atoms with Crippen molar-refractivity contribution in [3.63, 3.8) is 0 Å². The molecule has 0 aromatic heterocycles. The first kappa shape index (κ1) is 20.3. The molecule has 0 N–H and O–H groups in total. The maximum Gasteiger partial charge on any atom is 0.231 e. The molecule has 5 rings (SSSR count). The molecule has 1 amide bonds. The zero-order valence-corrected chi connectivity index (χ0v) is 18.1. The number of amides is 1. The topological polar surface area (TPSA) is 57.2 Å². The number of hydrogen-bond acceptors (Lipinski definition) is 5. The molecule has 0 bridgehead atoms. The first-order valence-electron chi connectivity index (χ1n) is 11.0. The van der Waals surface area contributed by atoms with Gasteiger partial charge >= 0.3 is 0 Å². The average Bonchev–Trinajstić information content (AvgIpc) is 3.37. The van der Waals surface area contributed by atoms with Gasteiger partial charge in [0.25, 0.3) is 0 Å². The first-order chi connectivity index (χ1) is 15.0. The van der Waals surface area contributed by atoms with E-state index >= 15 is 0 Å². The van der Waals surface area contributed by atoms with Crippen LogP contribution in [-0.2, 0) is 33.7 Å². The van der Waals surface area contributed by atoms with Crippen LogP contribution in [0, 0.1) is 5.92 Å². The number of aryl methyl sites for hydroxylation is 1. The Morgan fingerprint density at radius 2 is 1.90 bits per heavy atom. The fourth-order valence-electron chi connectivity index (χ4n) is 4.76. The normalized spacial score (nSPS) is 23.4. The van der Waals surface area contributed by atoms with Crippen molar-refractivity contribution < 1.29 is 23.7 Å². The van der Waals surface area contributed by atoms with Gasteiger partial charge in [0.05, 0.1) is 6.61 Å². The number of carbonyl (C=O) groups is 1. The summed E-state index contributed by atoms with van der Waals surface area (Å²) in [7, 11) is 0. The van der Waals surface area contributed by atoms with Crippen LogP contribution in [0.15, 0.2) is 42.5 Å². The van der Waals surface area contributed by atoms with E-state index in [9.17, 15) is 4.79 Å². The number of fused-ring (bicyclic) bond motifs is 2. The van der Waals surface area contributed by atoms with E-state index in [0.717, 1.165) is 36.3 Å². The number of carbonyl (C=O) groups excluding carboxylic acids is 1. The fraction of sp³-hybridized carbons (Fsp3) is 0.480. The molecular formula is C25H29NO5. The lowest BCUT2D eigenvalue weighted by atomic mass is 9.83. The summed E-state index contributed by atoms with van der Waals surface area (Å²) in [5, 5.41) is 0. The van der Waals surface area contributed by atoms with Crippen LogP contribution in [0.1, 0.15) is 37.0 Å². The molecule has 0 saturated carbocycles. The van der Waals surface area contributed by atoms with Crippen LogP contribution in [0.4, 0.5) is 0 Å². The second-order valence-electron chi connectivity index (χ2n) is 9.07. The molecule has 3 aliphatic rings. The molecule has 31 heavy (non-hydrogen) atoms. The summed E-state index contributed by atoms with van der Waals surface area (Å²) in [5.41, 5.74) is 3.67. The monoisotopic (exact) mass is 423 g/mol. The first-order valence-corrected chi connectivity index (χ1v) is 11.0. The number of rotatable bonds is 5. The van der Waals surface area contributed by atoms with Gasteiger partial charge in [-0.15, -0.1) is 0 Å². The molecule has 2 aromatic carbocycles. The second kappa shape index (κ2) is 8.17. The maximum absolute atomic E-state index is 13.7. The zero-order valence-electron chi connectivity index (χ0n) is 18.1. The maximum atomic E-state index is 13.7. The van der Waals surface area contributed by atoms with Gasteiger partial charge < -0.3 is 23.8 Å². The van der Waals surface area contributed by atoms with Gasteiger partial charge in [-0.05, 0) is 61.9 Å². The molecule has 0 radical (unpaired) electrons. The van der Waals surface area contributed by atoms with E-state index in [1.165, 1.54) is 11.1 Å². The van der Waals surface area contributed by atoms with E-state index in [1.807, 2.05) is 36.9 Å². The largest absolute Gasteiger partial charge is 0.454 e. The Bertz CT molecular complexity index is 972. The lowest BCUT2D eigenvalue weighted by Gasteiger charge is -2.32. The molecule has 6 nitrogen and oxygen atoms in total. The highest BCUT2D eigenvalue weighted by molar-refractivity contribution is 5.79. The number of benzene rings is 2. The molecule has 1 saturated heterocycles. The van der Waals surface area contributed by atoms with Gasteiger partial charge in [-0.25, -0.2) is 0 Å². The average molecular weight is 424 g/mol. The standard InChI is InChI=1S/C25H29NO5/c1-25(2)30-15-21(31-25)14-26(13-17-7-10-22-23(11-17)29-16-28-22)24(27)20-9-8-18-5-3-4-6-19(18)12-20/h3-7,10-11,20-21H,8-9,12-16H2,1-2H3/t20-,21-/m0/s1. The Labute approximate surface area is 183 Å². The van der Waals surface area contributed by atoms with E-state index < -0.39 is 5.79 Å². The summed E-state index contributed by atoms with van der Waals surface area (Å²) in [6, 6.07) is 14.3. The van der Waals surface area contributed by atoms with Gasteiger partial charge in [-0.2, -0.15) is 0 Å². The van der Waals surface area contributed by atoms with Crippen LogP contribution >= 0.6 is 0 Å². The van der Waals surface area contributed by atoms with Crippen LogP contribution in [0.25, 0.3) is 0 Å². The zero-order chi connectivity index (χ0) is 21.4. The summed E-state index contributed by atoms with van der Waals surface area (Å²) in [6.07, 6.45) is 2.48. The van der Waals surface area contributed by atoms with Gasteiger partial charge in [0.2, 0.25) is 12.7 Å². The van der Waals surface area contributed by atoms with Gasteiger partial charge in [-0.1, -0.05) is 30.3 Å². The van der Waals surface area contributed by atoms with Crippen molar-refractivity contribution in [1.82, 2.24) is 4.90 Å². The summed E-state index contributed by atoms with van der Waals surface area (Å²) < 4.78 is 22.7. The minimum atomic E-state index is -0.609. The molecule has 0 spiro atoms. The predicted octanol–water partition coefficient (Wildman–Crippen LogP) is 3.70. The van der Waals surface area contributed by atoms with Gasteiger partial charge in [0.15, 0.2) is 17.3 Å². The third-order valence-corrected chi connectivity index (χ3v) is 6.31. The smallest absolute Gasteiger partial charge is 0.231 e. The summed E-state index contributed by atoms with van der Waals surface area (Å²) in [6.45, 7) is 5.57. The molecule has 2 aromatic rings. The van der Waals surface area contributed by atoms with Crippen molar-refractivity contribution in [1.29, 1.82) is 0 Å². The third kappa shape index (κ3) is 4.41. The SMILES string of the molecule is CC1(C)OC[C@H](CN(Cc2ccc3c(c2)OCO3)C(=O)[C@H]2CCc3ccccc3C2)O1. The van der Waals surface area contributed by atoms with E-state index in [0.29, 0.717) is 19.7 Å². The van der Waals surface area contributed by atoms with Crippen molar-refractivity contribution in [2.24, 2.45) is 5.92 Å². The third-order valence-electron chi connectivity index (χ3n) is 6.31. The van der Waals surface area contributed by atoms with Crippen LogP contribution in [0.3, 0.4) is 0 Å². The highest BCUT2D eigenvalue weighted by Gasteiger charge is 2.36. The predicted molar refractivity (Wildman–Crippen MR) is 115 cm³/mol. The van der Waals surface area contributed by atoms with Gasteiger partial charge in [0.1, 0.15) is 6.10 Å². The summed E-state index contributed by atoms with van der Waals surface area (Å²) in [5.74, 6) is 1.04. The van der Waals surface area contributed by atoms with Gasteiger partial charge in [-0.3, -0.25) is 4.79 Å². The number of ether oxygens (including phenoxy) is 4. The summed E-state index contributed by atoms with van der Waals surface area (Å²) in [4.78, 5) is 15.6. The number of nitrogens with zero attached hydrogens (tertiary/aromatic N) is 1. The Kier molecular flexibility index (Phi) is 5.36. The Morgan fingerprint density at radius 1 is 1.10 bits per heavy atom. The minimum Gasteiger partial charge on any atom is -0.454 e. The van der Waals surface area contributed by atoms with E-state index in [1.54, 1.807) is 0 Å². The number of hydrogen-bond donors (Lipinski definition) is 0. The lowest BCUT2D eigenvalue weighted by Crippen LogP contribution is -2.43. The van der Waals surface area contributed by atoms with Crippen LogP contribution in [0.5, 0.6) is 11.5 Å². The van der Waals surface area contributed by atoms with Crippen molar-refractivity contribution in [2.75, 3.05) is 19.9 Å². The Balaban J connectivity index is 1.35. The lowest BCUT2D eigenvalue weighted by molar-refractivity contribution is -0.149. The molecule has 1 aliphatic carbocycles. The molecule has 2 aliphatic heterocycles. The molecule has 2 heterocycles. The minimum absolute atomic E-state index is 0.0146.